The van der Waals surface area contributed by atoms with Crippen molar-refractivity contribution in [2.45, 2.75) is 44.0 Å². The van der Waals surface area contributed by atoms with E-state index in [4.69, 9.17) is 16.3 Å². The maximum Gasteiger partial charge on any atom is 0.254 e. The van der Waals surface area contributed by atoms with Crippen LogP contribution in [0.4, 0.5) is 0 Å². The van der Waals surface area contributed by atoms with Crippen LogP contribution >= 0.6 is 22.9 Å². The Bertz CT molecular complexity index is 983. The lowest BCUT2D eigenvalue weighted by Crippen LogP contribution is -2.33. The first-order chi connectivity index (χ1) is 14.4. The third-order valence-corrected chi connectivity index (χ3v) is 8.37. The first kappa shape index (κ1) is 23.1. The molecule has 1 saturated heterocycles. The Labute approximate surface area is 187 Å². The van der Waals surface area contributed by atoms with Gasteiger partial charge >= 0.3 is 0 Å². The molecule has 1 amide bonds. The van der Waals surface area contributed by atoms with Crippen molar-refractivity contribution >= 4 is 38.9 Å². The Morgan fingerprint density at radius 2 is 1.87 bits per heavy atom. The molecule has 0 atom stereocenters. The van der Waals surface area contributed by atoms with E-state index in [0.29, 0.717) is 36.1 Å². The summed E-state index contributed by atoms with van der Waals surface area (Å²) in [5.74, 6) is 0.0286. The smallest absolute Gasteiger partial charge is 0.254 e. The number of rotatable bonds is 7. The van der Waals surface area contributed by atoms with Gasteiger partial charge in [-0.25, -0.2) is 8.42 Å². The first-order valence-electron chi connectivity index (χ1n) is 10.1. The number of methoxy groups -OCH3 is 1. The number of hydrogen-bond acceptors (Lipinski definition) is 5. The van der Waals surface area contributed by atoms with Crippen molar-refractivity contribution in [3.05, 3.63) is 45.1 Å². The third-order valence-electron chi connectivity index (χ3n) is 5.24. The van der Waals surface area contributed by atoms with E-state index in [9.17, 15) is 13.2 Å². The van der Waals surface area contributed by atoms with Crippen LogP contribution in [0.2, 0.25) is 4.34 Å². The standard InChI is InChI=1S/C21H27ClN2O4S2/c1-3-23(15-17-9-11-20(22)29-17)21(25)16-8-10-18(28-2)19(14-16)30(26,27)24-12-6-4-5-7-13-24/h8-11,14H,3-7,12-13,15H2,1-2H3. The molecule has 0 bridgehead atoms. The molecule has 0 saturated carbocycles. The van der Waals surface area contributed by atoms with Crippen molar-refractivity contribution in [3.8, 4) is 5.75 Å². The predicted molar refractivity (Wildman–Crippen MR) is 120 cm³/mol. The summed E-state index contributed by atoms with van der Waals surface area (Å²) in [6.07, 6.45) is 3.74. The number of halogens is 1. The van der Waals surface area contributed by atoms with Crippen molar-refractivity contribution in [2.75, 3.05) is 26.7 Å². The van der Waals surface area contributed by atoms with Crippen LogP contribution in [0.1, 0.15) is 47.8 Å². The predicted octanol–water partition coefficient (Wildman–Crippen LogP) is 4.64. The Balaban J connectivity index is 1.91. The summed E-state index contributed by atoms with van der Waals surface area (Å²) in [6.45, 7) is 3.79. The summed E-state index contributed by atoms with van der Waals surface area (Å²) < 4.78 is 34.2. The highest BCUT2D eigenvalue weighted by molar-refractivity contribution is 7.89. The molecule has 6 nitrogen and oxygen atoms in total. The second-order valence-corrected chi connectivity index (χ2v) is 10.9. The zero-order valence-corrected chi connectivity index (χ0v) is 19.7. The van der Waals surface area contributed by atoms with E-state index in [2.05, 4.69) is 0 Å². The normalized spacial score (nSPS) is 15.6. The molecule has 1 aromatic heterocycles. The van der Waals surface area contributed by atoms with E-state index < -0.39 is 10.0 Å². The van der Waals surface area contributed by atoms with E-state index in [-0.39, 0.29) is 16.6 Å². The number of hydrogen-bond donors (Lipinski definition) is 0. The summed E-state index contributed by atoms with van der Waals surface area (Å²) in [4.78, 5) is 15.8. The lowest BCUT2D eigenvalue weighted by Gasteiger charge is -2.23. The largest absolute Gasteiger partial charge is 0.495 e. The molecule has 0 unspecified atom stereocenters. The fourth-order valence-electron chi connectivity index (χ4n) is 3.57. The second-order valence-electron chi connectivity index (χ2n) is 7.21. The van der Waals surface area contributed by atoms with Crippen LogP contribution in [0, 0.1) is 0 Å². The van der Waals surface area contributed by atoms with Gasteiger partial charge < -0.3 is 9.64 Å². The minimum absolute atomic E-state index is 0.0490. The number of ether oxygens (including phenoxy) is 1. The molecule has 0 N–H and O–H groups in total. The molecule has 2 heterocycles. The van der Waals surface area contributed by atoms with Crippen LogP contribution in [0.3, 0.4) is 0 Å². The van der Waals surface area contributed by atoms with Gasteiger partial charge in [0.25, 0.3) is 5.91 Å². The highest BCUT2D eigenvalue weighted by Gasteiger charge is 2.29. The molecule has 3 rings (SSSR count). The summed E-state index contributed by atoms with van der Waals surface area (Å²) in [7, 11) is -2.31. The van der Waals surface area contributed by atoms with Crippen LogP contribution < -0.4 is 4.74 Å². The number of thiophene rings is 1. The molecular formula is C21H27ClN2O4S2. The molecule has 0 aliphatic carbocycles. The van der Waals surface area contributed by atoms with Gasteiger partial charge in [-0.05, 0) is 50.1 Å². The topological polar surface area (TPSA) is 66.9 Å². The zero-order chi connectivity index (χ0) is 21.7. The molecule has 1 fully saturated rings. The molecule has 1 aromatic carbocycles. The van der Waals surface area contributed by atoms with Gasteiger partial charge in [0.1, 0.15) is 10.6 Å². The molecule has 164 valence electrons. The number of amides is 1. The SMILES string of the molecule is CCN(Cc1ccc(Cl)s1)C(=O)c1ccc(OC)c(S(=O)(=O)N2CCCCCC2)c1. The molecule has 1 aliphatic heterocycles. The summed E-state index contributed by atoms with van der Waals surface area (Å²) in [5, 5.41) is 0. The van der Waals surface area contributed by atoms with Crippen LogP contribution in [-0.2, 0) is 16.6 Å². The number of sulfonamides is 1. The van der Waals surface area contributed by atoms with Gasteiger partial charge in [0, 0.05) is 30.1 Å². The van der Waals surface area contributed by atoms with Gasteiger partial charge in [-0.1, -0.05) is 24.4 Å². The van der Waals surface area contributed by atoms with Gasteiger partial charge in [-0.15, -0.1) is 11.3 Å². The summed E-state index contributed by atoms with van der Waals surface area (Å²) >= 11 is 7.43. The van der Waals surface area contributed by atoms with Crippen molar-refractivity contribution in [1.82, 2.24) is 9.21 Å². The van der Waals surface area contributed by atoms with E-state index in [0.717, 1.165) is 30.6 Å². The number of carbonyl (C=O) groups is 1. The average Bonchev–Trinajstić information content (AvgIpc) is 2.97. The minimum atomic E-state index is -3.75. The van der Waals surface area contributed by atoms with E-state index in [1.54, 1.807) is 23.1 Å². The zero-order valence-electron chi connectivity index (χ0n) is 17.3. The molecule has 0 radical (unpaired) electrons. The maximum atomic E-state index is 13.3. The fourth-order valence-corrected chi connectivity index (χ4v) is 6.37. The molecule has 30 heavy (non-hydrogen) atoms. The average molecular weight is 471 g/mol. The van der Waals surface area contributed by atoms with E-state index in [1.165, 1.54) is 28.8 Å². The first-order valence-corrected chi connectivity index (χ1v) is 12.7. The summed E-state index contributed by atoms with van der Waals surface area (Å²) in [6, 6.07) is 8.33. The Morgan fingerprint density at radius 1 is 1.17 bits per heavy atom. The van der Waals surface area contributed by atoms with Gasteiger partial charge in [-0.2, -0.15) is 4.31 Å². The van der Waals surface area contributed by atoms with Crippen molar-refractivity contribution in [3.63, 3.8) is 0 Å². The van der Waals surface area contributed by atoms with E-state index >= 15 is 0 Å². The Morgan fingerprint density at radius 3 is 2.43 bits per heavy atom. The van der Waals surface area contributed by atoms with Gasteiger partial charge in [0.05, 0.1) is 18.0 Å². The van der Waals surface area contributed by atoms with Crippen LogP contribution in [0.15, 0.2) is 35.2 Å². The molecule has 1 aliphatic rings. The second kappa shape index (κ2) is 10.1. The quantitative estimate of drug-likeness (QED) is 0.591. The van der Waals surface area contributed by atoms with Crippen LogP contribution in [0.5, 0.6) is 5.75 Å². The number of carbonyl (C=O) groups excluding carboxylic acids is 1. The molecular weight excluding hydrogens is 444 g/mol. The molecule has 2 aromatic rings. The van der Waals surface area contributed by atoms with Crippen LogP contribution in [0.25, 0.3) is 0 Å². The van der Waals surface area contributed by atoms with Crippen molar-refractivity contribution < 1.29 is 17.9 Å². The lowest BCUT2D eigenvalue weighted by atomic mass is 10.2. The summed E-state index contributed by atoms with van der Waals surface area (Å²) in [5.41, 5.74) is 0.327. The van der Waals surface area contributed by atoms with Crippen LogP contribution in [-0.4, -0.2) is 50.3 Å². The Kier molecular flexibility index (Phi) is 7.79. The lowest BCUT2D eigenvalue weighted by molar-refractivity contribution is 0.0754. The monoisotopic (exact) mass is 470 g/mol. The van der Waals surface area contributed by atoms with Crippen molar-refractivity contribution in [2.24, 2.45) is 0 Å². The van der Waals surface area contributed by atoms with Gasteiger partial charge in [-0.3, -0.25) is 4.79 Å². The van der Waals surface area contributed by atoms with E-state index in [1.807, 2.05) is 13.0 Å². The number of nitrogens with zero attached hydrogens (tertiary/aromatic N) is 2. The maximum absolute atomic E-state index is 13.3. The minimum Gasteiger partial charge on any atom is -0.495 e. The highest BCUT2D eigenvalue weighted by atomic mass is 35.5. The van der Waals surface area contributed by atoms with Gasteiger partial charge in [0.15, 0.2) is 0 Å². The number of benzene rings is 1. The van der Waals surface area contributed by atoms with Gasteiger partial charge in [0.2, 0.25) is 10.0 Å². The third kappa shape index (κ3) is 5.17. The fraction of sp³-hybridized carbons (Fsp3) is 0.476. The Hall–Kier alpha value is -1.61. The van der Waals surface area contributed by atoms with Crippen molar-refractivity contribution in [1.29, 1.82) is 0 Å². The molecule has 0 spiro atoms. The molecule has 9 heteroatoms. The highest BCUT2D eigenvalue weighted by Crippen LogP contribution is 2.30.